The molecule has 0 heterocycles. The Morgan fingerprint density at radius 3 is 0.800 bits per heavy atom. The summed E-state index contributed by atoms with van der Waals surface area (Å²) in [6.07, 6.45) is 0. The summed E-state index contributed by atoms with van der Waals surface area (Å²) >= 11 is 0.635. The maximum atomic E-state index is 2.43. The van der Waals surface area contributed by atoms with Crippen LogP contribution < -0.4 is 0 Å². The van der Waals surface area contributed by atoms with E-state index in [0.717, 1.165) is 0 Å². The number of rotatable bonds is 2. The molecule has 0 N–H and O–H groups in total. The number of hydrogen-bond acceptors (Lipinski definition) is 0. The first-order valence-corrected chi connectivity index (χ1v) is 7.62. The van der Waals surface area contributed by atoms with E-state index in [4.69, 9.17) is 0 Å². The molecule has 0 amide bonds. The van der Waals surface area contributed by atoms with Gasteiger partial charge in [-0.2, -0.15) is 0 Å². The Kier molecular flexibility index (Phi) is 4.22. The molecule has 92 valence electrons. The molecule has 0 saturated heterocycles. The zero-order valence-electron chi connectivity index (χ0n) is 12.4. The fraction of sp³-hybridized carbons (Fsp3) is 1.00. The van der Waals surface area contributed by atoms with Crippen LogP contribution in [0.2, 0.25) is 8.63 Å². The SMILES string of the molecule is CC(C)(C)C(C)(C)[Se]C(C)(C)C(C)(C)C. The third-order valence-corrected chi connectivity index (χ3v) is 8.83. The van der Waals surface area contributed by atoms with Crippen molar-refractivity contribution in [2.45, 2.75) is 77.9 Å². The van der Waals surface area contributed by atoms with Gasteiger partial charge in [-0.25, -0.2) is 0 Å². The van der Waals surface area contributed by atoms with E-state index in [-0.39, 0.29) is 0 Å². The zero-order valence-corrected chi connectivity index (χ0v) is 14.1. The van der Waals surface area contributed by atoms with E-state index in [2.05, 4.69) is 69.2 Å². The number of hydrogen-bond donors (Lipinski definition) is 0. The topological polar surface area (TPSA) is 0 Å². The van der Waals surface area contributed by atoms with Crippen LogP contribution in [0, 0.1) is 10.8 Å². The van der Waals surface area contributed by atoms with Crippen LogP contribution in [0.3, 0.4) is 0 Å². The average molecular weight is 277 g/mol. The van der Waals surface area contributed by atoms with Crippen LogP contribution >= 0.6 is 0 Å². The first-order valence-electron chi connectivity index (χ1n) is 5.91. The Hall–Kier alpha value is 0.519. The summed E-state index contributed by atoms with van der Waals surface area (Å²) in [5.74, 6) is 0. The maximum absolute atomic E-state index is 2.43. The first kappa shape index (κ1) is 15.5. The molecule has 0 spiro atoms. The molecule has 0 aliphatic heterocycles. The van der Waals surface area contributed by atoms with Crippen molar-refractivity contribution in [1.29, 1.82) is 0 Å². The quantitative estimate of drug-likeness (QED) is 0.610. The van der Waals surface area contributed by atoms with Crippen LogP contribution in [-0.2, 0) is 0 Å². The van der Waals surface area contributed by atoms with Gasteiger partial charge in [0.25, 0.3) is 0 Å². The second-order valence-electron chi connectivity index (χ2n) is 7.62. The van der Waals surface area contributed by atoms with Gasteiger partial charge in [-0.05, 0) is 0 Å². The summed E-state index contributed by atoms with van der Waals surface area (Å²) in [5, 5.41) is 0. The van der Waals surface area contributed by atoms with Crippen molar-refractivity contribution in [3.05, 3.63) is 0 Å². The third-order valence-electron chi connectivity index (χ3n) is 4.12. The van der Waals surface area contributed by atoms with Gasteiger partial charge in [-0.3, -0.25) is 0 Å². The Morgan fingerprint density at radius 1 is 0.467 bits per heavy atom. The predicted molar refractivity (Wildman–Crippen MR) is 72.7 cm³/mol. The van der Waals surface area contributed by atoms with Crippen LogP contribution in [0.5, 0.6) is 0 Å². The molecule has 1 heteroatoms. The summed E-state index contributed by atoms with van der Waals surface area (Å²) in [5.41, 5.74) is 0.797. The van der Waals surface area contributed by atoms with E-state index < -0.39 is 0 Å². The summed E-state index contributed by atoms with van der Waals surface area (Å²) in [6.45, 7) is 23.9. The minimum absolute atomic E-state index is 0.398. The van der Waals surface area contributed by atoms with Gasteiger partial charge in [-0.1, -0.05) is 0 Å². The molecule has 0 aromatic carbocycles. The third kappa shape index (κ3) is 3.79. The molecule has 15 heavy (non-hydrogen) atoms. The van der Waals surface area contributed by atoms with E-state index in [9.17, 15) is 0 Å². The van der Waals surface area contributed by atoms with E-state index in [0.29, 0.717) is 34.4 Å². The predicted octanol–water partition coefficient (Wildman–Crippen LogP) is 5.18. The van der Waals surface area contributed by atoms with Crippen LogP contribution in [0.15, 0.2) is 0 Å². The Labute approximate surface area is 104 Å². The van der Waals surface area contributed by atoms with Gasteiger partial charge in [-0.15, -0.1) is 0 Å². The molecule has 0 aliphatic carbocycles. The van der Waals surface area contributed by atoms with Gasteiger partial charge in [0, 0.05) is 0 Å². The van der Waals surface area contributed by atoms with Crippen LogP contribution in [0.25, 0.3) is 0 Å². The molecule has 0 bridgehead atoms. The van der Waals surface area contributed by atoms with Crippen molar-refractivity contribution in [1.82, 2.24) is 0 Å². The van der Waals surface area contributed by atoms with E-state index in [1.165, 1.54) is 0 Å². The van der Waals surface area contributed by atoms with E-state index in [1.807, 2.05) is 0 Å². The summed E-state index contributed by atoms with van der Waals surface area (Å²) in [4.78, 5) is 0. The molecule has 0 aliphatic rings. The van der Waals surface area contributed by atoms with Gasteiger partial charge in [0.1, 0.15) is 0 Å². The Bertz CT molecular complexity index is 186. The fourth-order valence-corrected chi connectivity index (χ4v) is 4.91. The fourth-order valence-electron chi connectivity index (χ4n) is 0.944. The van der Waals surface area contributed by atoms with Gasteiger partial charge < -0.3 is 0 Å². The zero-order chi connectivity index (χ0) is 12.7. The van der Waals surface area contributed by atoms with Gasteiger partial charge in [0.15, 0.2) is 0 Å². The molecular formula is C14H30Se. The van der Waals surface area contributed by atoms with E-state index >= 15 is 0 Å². The van der Waals surface area contributed by atoms with Crippen molar-refractivity contribution in [3.8, 4) is 0 Å². The van der Waals surface area contributed by atoms with Crippen LogP contribution in [0.1, 0.15) is 69.2 Å². The summed E-state index contributed by atoms with van der Waals surface area (Å²) < 4.78 is 0.882. The summed E-state index contributed by atoms with van der Waals surface area (Å²) in [7, 11) is 0. The Morgan fingerprint density at radius 2 is 0.667 bits per heavy atom. The van der Waals surface area contributed by atoms with Gasteiger partial charge >= 0.3 is 104 Å². The second-order valence-corrected chi connectivity index (χ2v) is 12.3. The second kappa shape index (κ2) is 4.07. The summed E-state index contributed by atoms with van der Waals surface area (Å²) in [6, 6.07) is 0. The molecule has 0 aromatic heterocycles. The average Bonchev–Trinajstić information content (AvgIpc) is 1.77. The molecule has 0 radical (unpaired) electrons. The minimum atomic E-state index is 0.398. The van der Waals surface area contributed by atoms with Crippen molar-refractivity contribution in [3.63, 3.8) is 0 Å². The first-order chi connectivity index (χ1) is 6.21. The molecule has 0 nitrogen and oxygen atoms in total. The monoisotopic (exact) mass is 278 g/mol. The molecule has 0 atom stereocenters. The van der Waals surface area contributed by atoms with Gasteiger partial charge in [0.2, 0.25) is 0 Å². The molecule has 0 fully saturated rings. The molecule has 0 aromatic rings. The standard InChI is InChI=1S/C14H30Se/c1-11(2,3)13(7,8)15-14(9,10)12(4,5)6/h1-10H3. The van der Waals surface area contributed by atoms with Crippen LogP contribution in [0.4, 0.5) is 0 Å². The molecule has 0 unspecified atom stereocenters. The molecule has 0 saturated carbocycles. The van der Waals surface area contributed by atoms with Gasteiger partial charge in [0.05, 0.1) is 0 Å². The van der Waals surface area contributed by atoms with Crippen molar-refractivity contribution >= 4 is 15.0 Å². The van der Waals surface area contributed by atoms with Crippen molar-refractivity contribution < 1.29 is 0 Å². The van der Waals surface area contributed by atoms with Crippen molar-refractivity contribution in [2.75, 3.05) is 0 Å². The van der Waals surface area contributed by atoms with E-state index in [1.54, 1.807) is 0 Å². The van der Waals surface area contributed by atoms with Crippen molar-refractivity contribution in [2.24, 2.45) is 10.8 Å². The van der Waals surface area contributed by atoms with Crippen LogP contribution in [-0.4, -0.2) is 15.0 Å². The molecule has 0 rings (SSSR count). The normalized spacial score (nSPS) is 15.6. The Balaban J connectivity index is 4.89. The molecular weight excluding hydrogens is 247 g/mol.